The average molecular weight is 186 g/mol. The van der Waals surface area contributed by atoms with Crippen molar-refractivity contribution in [3.63, 3.8) is 0 Å². The van der Waals surface area contributed by atoms with E-state index in [1.54, 1.807) is 7.11 Å². The molecule has 1 fully saturated rings. The lowest BCUT2D eigenvalue weighted by Crippen LogP contribution is -2.38. The minimum Gasteiger partial charge on any atom is -0.385 e. The van der Waals surface area contributed by atoms with E-state index in [1.807, 2.05) is 0 Å². The quantitative estimate of drug-likeness (QED) is 0.373. The molecule has 0 amide bonds. The molecule has 2 unspecified atom stereocenters. The largest absolute Gasteiger partial charge is 0.385 e. The summed E-state index contributed by atoms with van der Waals surface area (Å²) in [6.45, 7) is 5.45. The first-order valence-corrected chi connectivity index (χ1v) is 5.07. The van der Waals surface area contributed by atoms with Gasteiger partial charge in [-0.1, -0.05) is 13.8 Å². The summed E-state index contributed by atoms with van der Waals surface area (Å²) in [6.07, 6.45) is 3.52. The fourth-order valence-electron chi connectivity index (χ4n) is 2.04. The van der Waals surface area contributed by atoms with Crippen molar-refractivity contribution in [2.45, 2.75) is 39.2 Å². The Morgan fingerprint density at radius 2 is 2.23 bits per heavy atom. The summed E-state index contributed by atoms with van der Waals surface area (Å²) >= 11 is 0. The summed E-state index contributed by atoms with van der Waals surface area (Å²) in [4.78, 5) is 0. The van der Waals surface area contributed by atoms with Crippen molar-refractivity contribution in [1.29, 1.82) is 0 Å². The monoisotopic (exact) mass is 186 g/mol. The topological polar surface area (TPSA) is 47.3 Å². The average Bonchev–Trinajstić information content (AvgIpc) is 2.69. The van der Waals surface area contributed by atoms with Crippen molar-refractivity contribution in [2.75, 3.05) is 13.7 Å². The number of ether oxygens (including phenoxy) is 1. The second kappa shape index (κ2) is 4.40. The first-order chi connectivity index (χ1) is 6.11. The van der Waals surface area contributed by atoms with E-state index >= 15 is 0 Å². The van der Waals surface area contributed by atoms with Crippen molar-refractivity contribution in [1.82, 2.24) is 5.43 Å². The molecule has 3 N–H and O–H groups in total. The smallest absolute Gasteiger partial charge is 0.0462 e. The molecule has 1 aliphatic rings. The maximum absolute atomic E-state index is 5.53. The van der Waals surface area contributed by atoms with E-state index in [4.69, 9.17) is 10.6 Å². The van der Waals surface area contributed by atoms with E-state index in [0.29, 0.717) is 11.5 Å². The van der Waals surface area contributed by atoms with Gasteiger partial charge >= 0.3 is 0 Å². The van der Waals surface area contributed by atoms with Crippen LogP contribution < -0.4 is 11.3 Å². The zero-order valence-electron chi connectivity index (χ0n) is 8.97. The van der Waals surface area contributed by atoms with E-state index in [9.17, 15) is 0 Å². The Hall–Kier alpha value is -0.120. The SMILES string of the molecule is COCCCC(NN)C1CC1(C)C. The van der Waals surface area contributed by atoms with E-state index in [0.717, 1.165) is 25.4 Å². The van der Waals surface area contributed by atoms with Crippen LogP contribution in [-0.2, 0) is 4.74 Å². The maximum atomic E-state index is 5.53. The molecular weight excluding hydrogens is 164 g/mol. The Labute approximate surface area is 81.0 Å². The van der Waals surface area contributed by atoms with Crippen LogP contribution in [0, 0.1) is 11.3 Å². The van der Waals surface area contributed by atoms with Gasteiger partial charge in [-0.2, -0.15) is 0 Å². The van der Waals surface area contributed by atoms with Gasteiger partial charge in [-0.25, -0.2) is 0 Å². The number of rotatable bonds is 6. The molecule has 0 saturated heterocycles. The third-order valence-electron chi connectivity index (χ3n) is 3.15. The van der Waals surface area contributed by atoms with Crippen LogP contribution in [0.4, 0.5) is 0 Å². The molecule has 1 rings (SSSR count). The molecule has 1 aliphatic carbocycles. The molecule has 0 aromatic heterocycles. The first-order valence-electron chi connectivity index (χ1n) is 5.07. The number of methoxy groups -OCH3 is 1. The standard InChI is InChI=1S/C10H22N2O/c1-10(2)7-8(10)9(12-11)5-4-6-13-3/h8-9,12H,4-7,11H2,1-3H3. The number of nitrogens with one attached hydrogen (secondary N) is 1. The van der Waals surface area contributed by atoms with Crippen molar-refractivity contribution in [3.8, 4) is 0 Å². The minimum absolute atomic E-state index is 0.477. The van der Waals surface area contributed by atoms with Crippen LogP contribution in [0.15, 0.2) is 0 Å². The highest BCUT2D eigenvalue weighted by molar-refractivity contribution is 5.01. The Morgan fingerprint density at radius 3 is 2.62 bits per heavy atom. The van der Waals surface area contributed by atoms with Crippen LogP contribution in [0.1, 0.15) is 33.1 Å². The van der Waals surface area contributed by atoms with Crippen LogP contribution in [0.25, 0.3) is 0 Å². The van der Waals surface area contributed by atoms with Gasteiger partial charge in [-0.05, 0) is 30.6 Å². The Balaban J connectivity index is 2.21. The summed E-state index contributed by atoms with van der Waals surface area (Å²) in [6, 6.07) is 0.477. The minimum atomic E-state index is 0.477. The molecule has 0 bridgehead atoms. The van der Waals surface area contributed by atoms with E-state index in [1.165, 1.54) is 6.42 Å². The van der Waals surface area contributed by atoms with Crippen LogP contribution >= 0.6 is 0 Å². The summed E-state index contributed by atoms with van der Waals surface area (Å²) in [5, 5.41) is 0. The third-order valence-corrected chi connectivity index (χ3v) is 3.15. The van der Waals surface area contributed by atoms with Crippen molar-refractivity contribution < 1.29 is 4.74 Å². The van der Waals surface area contributed by atoms with Gasteiger partial charge in [-0.15, -0.1) is 0 Å². The maximum Gasteiger partial charge on any atom is 0.0462 e. The Bertz CT molecular complexity index is 159. The molecule has 1 saturated carbocycles. The lowest BCUT2D eigenvalue weighted by atomic mass is 10.0. The number of hydrogen-bond acceptors (Lipinski definition) is 3. The van der Waals surface area contributed by atoms with Gasteiger partial charge in [0.15, 0.2) is 0 Å². The zero-order valence-corrected chi connectivity index (χ0v) is 8.97. The molecule has 0 aliphatic heterocycles. The fourth-order valence-corrected chi connectivity index (χ4v) is 2.04. The number of nitrogens with two attached hydrogens (primary N) is 1. The summed E-state index contributed by atoms with van der Waals surface area (Å²) in [5.41, 5.74) is 3.43. The predicted molar refractivity (Wildman–Crippen MR) is 54.1 cm³/mol. The number of hydrazine groups is 1. The van der Waals surface area contributed by atoms with Gasteiger partial charge < -0.3 is 4.74 Å². The highest BCUT2D eigenvalue weighted by Gasteiger charge is 2.49. The third kappa shape index (κ3) is 2.93. The summed E-state index contributed by atoms with van der Waals surface area (Å²) in [7, 11) is 1.74. The first kappa shape index (κ1) is 11.0. The fraction of sp³-hybridized carbons (Fsp3) is 1.00. The van der Waals surface area contributed by atoms with E-state index in [-0.39, 0.29) is 0 Å². The highest BCUT2D eigenvalue weighted by atomic mass is 16.5. The van der Waals surface area contributed by atoms with Crippen molar-refractivity contribution in [2.24, 2.45) is 17.2 Å². The van der Waals surface area contributed by atoms with Crippen LogP contribution in [0.2, 0.25) is 0 Å². The second-order valence-electron chi connectivity index (χ2n) is 4.71. The molecule has 78 valence electrons. The normalized spacial score (nSPS) is 27.2. The molecule has 13 heavy (non-hydrogen) atoms. The summed E-state index contributed by atoms with van der Waals surface area (Å²) < 4.78 is 5.02. The molecule has 0 spiro atoms. The molecular formula is C10H22N2O. The molecule has 3 heteroatoms. The van der Waals surface area contributed by atoms with Crippen LogP contribution in [-0.4, -0.2) is 19.8 Å². The van der Waals surface area contributed by atoms with E-state index < -0.39 is 0 Å². The van der Waals surface area contributed by atoms with Gasteiger partial charge in [-0.3, -0.25) is 11.3 Å². The molecule has 3 nitrogen and oxygen atoms in total. The van der Waals surface area contributed by atoms with Crippen LogP contribution in [0.5, 0.6) is 0 Å². The Kier molecular flexibility index (Phi) is 3.71. The van der Waals surface area contributed by atoms with Crippen LogP contribution in [0.3, 0.4) is 0 Å². The molecule has 2 atom stereocenters. The zero-order chi connectivity index (χ0) is 9.90. The van der Waals surface area contributed by atoms with Gasteiger partial charge in [0.05, 0.1) is 0 Å². The second-order valence-corrected chi connectivity index (χ2v) is 4.71. The highest BCUT2D eigenvalue weighted by Crippen LogP contribution is 2.54. The van der Waals surface area contributed by atoms with Crippen molar-refractivity contribution in [3.05, 3.63) is 0 Å². The van der Waals surface area contributed by atoms with Gasteiger partial charge in [0.25, 0.3) is 0 Å². The van der Waals surface area contributed by atoms with Crippen molar-refractivity contribution >= 4 is 0 Å². The van der Waals surface area contributed by atoms with Gasteiger partial charge in [0.1, 0.15) is 0 Å². The van der Waals surface area contributed by atoms with Gasteiger partial charge in [0, 0.05) is 19.8 Å². The summed E-state index contributed by atoms with van der Waals surface area (Å²) in [5.74, 6) is 6.28. The lowest BCUT2D eigenvalue weighted by Gasteiger charge is -2.17. The number of hydrogen-bond donors (Lipinski definition) is 2. The van der Waals surface area contributed by atoms with Gasteiger partial charge in [0.2, 0.25) is 0 Å². The molecule has 0 heterocycles. The molecule has 0 aromatic rings. The lowest BCUT2D eigenvalue weighted by molar-refractivity contribution is 0.186. The molecule has 0 aromatic carbocycles. The molecule has 0 radical (unpaired) electrons. The predicted octanol–water partition coefficient (Wildman–Crippen LogP) is 1.29. The Morgan fingerprint density at radius 1 is 1.62 bits per heavy atom. The van der Waals surface area contributed by atoms with E-state index in [2.05, 4.69) is 19.3 Å².